The lowest BCUT2D eigenvalue weighted by molar-refractivity contribution is -0.110. The van der Waals surface area contributed by atoms with Gasteiger partial charge in [-0.05, 0) is 36.0 Å². The number of benzene rings is 1. The number of carbonyl (C=O) groups is 1. The Balaban J connectivity index is 2.33. The van der Waals surface area contributed by atoms with Crippen LogP contribution < -0.4 is 0 Å². The van der Waals surface area contributed by atoms with Crippen molar-refractivity contribution in [1.82, 2.24) is 4.31 Å². The van der Waals surface area contributed by atoms with Gasteiger partial charge in [-0.3, -0.25) is 0 Å². The van der Waals surface area contributed by atoms with Crippen molar-refractivity contribution in [3.8, 4) is 0 Å². The second kappa shape index (κ2) is 5.30. The van der Waals surface area contributed by atoms with Crippen LogP contribution in [-0.4, -0.2) is 31.6 Å². The van der Waals surface area contributed by atoms with Crippen LogP contribution in [0.1, 0.15) is 39.2 Å². The molecule has 0 bridgehead atoms. The highest BCUT2D eigenvalue weighted by Gasteiger charge is 2.35. The molecule has 0 amide bonds. The van der Waals surface area contributed by atoms with Crippen molar-refractivity contribution in [2.24, 2.45) is 0 Å². The molecule has 1 aliphatic heterocycles. The fourth-order valence-corrected chi connectivity index (χ4v) is 4.09. The van der Waals surface area contributed by atoms with E-state index in [0.29, 0.717) is 13.0 Å². The maximum atomic E-state index is 12.5. The first-order valence-corrected chi connectivity index (χ1v) is 8.28. The van der Waals surface area contributed by atoms with Gasteiger partial charge in [0, 0.05) is 6.54 Å². The second-order valence-corrected chi connectivity index (χ2v) is 8.13. The van der Waals surface area contributed by atoms with Gasteiger partial charge in [0.15, 0.2) is 0 Å². The van der Waals surface area contributed by atoms with Crippen LogP contribution in [0.2, 0.25) is 0 Å². The van der Waals surface area contributed by atoms with Crippen molar-refractivity contribution in [2.45, 2.75) is 50.0 Å². The summed E-state index contributed by atoms with van der Waals surface area (Å²) < 4.78 is 26.4. The first kappa shape index (κ1) is 15.2. The van der Waals surface area contributed by atoms with Crippen molar-refractivity contribution in [3.63, 3.8) is 0 Å². The van der Waals surface area contributed by atoms with Gasteiger partial charge in [-0.15, -0.1) is 0 Å². The van der Waals surface area contributed by atoms with Crippen LogP contribution in [0.25, 0.3) is 0 Å². The molecule has 0 saturated carbocycles. The number of hydrogen-bond acceptors (Lipinski definition) is 3. The molecule has 1 atom stereocenters. The average Bonchev–Trinajstić information content (AvgIpc) is 2.87. The SMILES string of the molecule is CC(C)(C)c1ccc(S(=O)(=O)N2CCC[C@H]2C=O)cc1. The highest BCUT2D eigenvalue weighted by molar-refractivity contribution is 7.89. The number of rotatable bonds is 3. The van der Waals surface area contributed by atoms with E-state index >= 15 is 0 Å². The van der Waals surface area contributed by atoms with Crippen LogP contribution in [0.5, 0.6) is 0 Å². The summed E-state index contributed by atoms with van der Waals surface area (Å²) in [6.07, 6.45) is 2.08. The largest absolute Gasteiger partial charge is 0.302 e. The zero-order chi connectivity index (χ0) is 15.0. The van der Waals surface area contributed by atoms with Crippen molar-refractivity contribution in [2.75, 3.05) is 6.54 Å². The number of nitrogens with zero attached hydrogens (tertiary/aromatic N) is 1. The summed E-state index contributed by atoms with van der Waals surface area (Å²) in [6, 6.07) is 6.45. The molecule has 2 rings (SSSR count). The van der Waals surface area contributed by atoms with Crippen LogP contribution in [0, 0.1) is 0 Å². The number of sulfonamides is 1. The predicted molar refractivity (Wildman–Crippen MR) is 78.1 cm³/mol. The molecule has 1 fully saturated rings. The lowest BCUT2D eigenvalue weighted by Crippen LogP contribution is -2.36. The molecule has 20 heavy (non-hydrogen) atoms. The summed E-state index contributed by atoms with van der Waals surface area (Å²) in [5.41, 5.74) is 1.08. The lowest BCUT2D eigenvalue weighted by atomic mass is 9.87. The van der Waals surface area contributed by atoms with E-state index in [2.05, 4.69) is 20.8 Å². The molecule has 0 aliphatic carbocycles. The highest BCUT2D eigenvalue weighted by Crippen LogP contribution is 2.27. The monoisotopic (exact) mass is 295 g/mol. The van der Waals surface area contributed by atoms with Crippen molar-refractivity contribution in [3.05, 3.63) is 29.8 Å². The maximum absolute atomic E-state index is 12.5. The summed E-state index contributed by atoms with van der Waals surface area (Å²) in [4.78, 5) is 11.2. The number of hydrogen-bond donors (Lipinski definition) is 0. The molecule has 1 aromatic rings. The molecule has 1 saturated heterocycles. The molecule has 0 unspecified atom stereocenters. The van der Waals surface area contributed by atoms with Crippen LogP contribution in [0.15, 0.2) is 29.2 Å². The third-order valence-electron chi connectivity index (χ3n) is 3.73. The summed E-state index contributed by atoms with van der Waals surface area (Å²) >= 11 is 0. The lowest BCUT2D eigenvalue weighted by Gasteiger charge is -2.22. The van der Waals surface area contributed by atoms with Gasteiger partial charge in [-0.1, -0.05) is 32.9 Å². The molecule has 0 radical (unpaired) electrons. The zero-order valence-electron chi connectivity index (χ0n) is 12.2. The number of aldehydes is 1. The maximum Gasteiger partial charge on any atom is 0.243 e. The molecular weight excluding hydrogens is 274 g/mol. The minimum atomic E-state index is -3.56. The van der Waals surface area contributed by atoms with Gasteiger partial charge < -0.3 is 4.79 Å². The van der Waals surface area contributed by atoms with E-state index in [1.165, 1.54) is 4.31 Å². The van der Waals surface area contributed by atoms with Gasteiger partial charge >= 0.3 is 0 Å². The fourth-order valence-electron chi connectivity index (χ4n) is 2.46. The van der Waals surface area contributed by atoms with Crippen LogP contribution >= 0.6 is 0 Å². The Morgan fingerprint density at radius 2 is 1.80 bits per heavy atom. The average molecular weight is 295 g/mol. The van der Waals surface area contributed by atoms with E-state index in [0.717, 1.165) is 18.3 Å². The van der Waals surface area contributed by atoms with Gasteiger partial charge in [0.2, 0.25) is 10.0 Å². The molecule has 1 heterocycles. The Morgan fingerprint density at radius 1 is 1.20 bits per heavy atom. The fraction of sp³-hybridized carbons (Fsp3) is 0.533. The van der Waals surface area contributed by atoms with Crippen LogP contribution in [0.3, 0.4) is 0 Å². The first-order valence-electron chi connectivity index (χ1n) is 6.84. The minimum Gasteiger partial charge on any atom is -0.302 e. The standard InChI is InChI=1S/C15H21NO3S/c1-15(2,3)12-6-8-14(9-7-12)20(18,19)16-10-4-5-13(16)11-17/h6-9,11,13H,4-5,10H2,1-3H3/t13-/m0/s1. The van der Waals surface area contributed by atoms with Gasteiger partial charge in [-0.25, -0.2) is 8.42 Å². The van der Waals surface area contributed by atoms with Crippen molar-refractivity contribution < 1.29 is 13.2 Å². The topological polar surface area (TPSA) is 54.5 Å². The molecule has 0 N–H and O–H groups in total. The van der Waals surface area contributed by atoms with E-state index < -0.39 is 16.1 Å². The molecular formula is C15H21NO3S. The molecule has 4 nitrogen and oxygen atoms in total. The zero-order valence-corrected chi connectivity index (χ0v) is 13.0. The van der Waals surface area contributed by atoms with Gasteiger partial charge in [-0.2, -0.15) is 4.31 Å². The van der Waals surface area contributed by atoms with Crippen molar-refractivity contribution >= 4 is 16.3 Å². The summed E-state index contributed by atoms with van der Waals surface area (Å²) in [7, 11) is -3.56. The Hall–Kier alpha value is -1.20. The predicted octanol–water partition coefficient (Wildman–Crippen LogP) is 2.34. The molecule has 1 aliphatic rings. The van der Waals surface area contributed by atoms with E-state index in [9.17, 15) is 13.2 Å². The Labute approximate surface area is 120 Å². The molecule has 5 heteroatoms. The Bertz CT molecular complexity index is 585. The third kappa shape index (κ3) is 2.79. The van der Waals surface area contributed by atoms with E-state index in [1.807, 2.05) is 12.1 Å². The normalized spacial score (nSPS) is 21.1. The van der Waals surface area contributed by atoms with Gasteiger partial charge in [0.25, 0.3) is 0 Å². The van der Waals surface area contributed by atoms with E-state index in [-0.39, 0.29) is 10.3 Å². The minimum absolute atomic E-state index is 0.0126. The van der Waals surface area contributed by atoms with E-state index in [1.54, 1.807) is 12.1 Å². The second-order valence-electron chi connectivity index (χ2n) is 6.24. The molecule has 0 spiro atoms. The quantitative estimate of drug-likeness (QED) is 0.804. The summed E-state index contributed by atoms with van der Waals surface area (Å²) in [5, 5.41) is 0. The molecule has 1 aromatic carbocycles. The van der Waals surface area contributed by atoms with Crippen LogP contribution in [-0.2, 0) is 20.2 Å². The third-order valence-corrected chi connectivity index (χ3v) is 5.67. The first-order chi connectivity index (χ1) is 9.26. The van der Waals surface area contributed by atoms with Crippen molar-refractivity contribution in [1.29, 1.82) is 0 Å². The summed E-state index contributed by atoms with van der Waals surface area (Å²) in [5.74, 6) is 0. The Kier molecular flexibility index (Phi) is 4.02. The number of carbonyl (C=O) groups excluding carboxylic acids is 1. The van der Waals surface area contributed by atoms with Gasteiger partial charge in [0.1, 0.15) is 6.29 Å². The highest BCUT2D eigenvalue weighted by atomic mass is 32.2. The summed E-state index contributed by atoms with van der Waals surface area (Å²) in [6.45, 7) is 6.67. The Morgan fingerprint density at radius 3 is 2.30 bits per heavy atom. The van der Waals surface area contributed by atoms with Crippen LogP contribution in [0.4, 0.5) is 0 Å². The van der Waals surface area contributed by atoms with E-state index in [4.69, 9.17) is 0 Å². The molecule has 0 aromatic heterocycles. The molecule has 110 valence electrons. The smallest absolute Gasteiger partial charge is 0.243 e. The van der Waals surface area contributed by atoms with Gasteiger partial charge in [0.05, 0.1) is 10.9 Å².